The van der Waals surface area contributed by atoms with E-state index in [1.54, 1.807) is 6.07 Å². The van der Waals surface area contributed by atoms with Gasteiger partial charge in [0.05, 0.1) is 12.1 Å². The van der Waals surface area contributed by atoms with E-state index in [4.69, 9.17) is 16.7 Å². The predicted octanol–water partition coefficient (Wildman–Crippen LogP) is 3.87. The van der Waals surface area contributed by atoms with Crippen molar-refractivity contribution in [2.45, 2.75) is 19.8 Å². The number of hydrogen-bond acceptors (Lipinski definition) is 4. The first-order chi connectivity index (χ1) is 9.04. The molecule has 0 fully saturated rings. The number of aromatic nitrogens is 1. The Morgan fingerprint density at radius 2 is 2.32 bits per heavy atom. The zero-order valence-electron chi connectivity index (χ0n) is 10.3. The topological polar surface area (TPSA) is 62.2 Å². The molecule has 0 aliphatic rings. The van der Waals surface area contributed by atoms with Crippen LogP contribution in [0.15, 0.2) is 24.3 Å². The highest BCUT2D eigenvalue weighted by atomic mass is 35.5. The van der Waals surface area contributed by atoms with E-state index in [1.807, 2.05) is 25.1 Å². The van der Waals surface area contributed by atoms with E-state index in [1.165, 1.54) is 11.3 Å². The van der Waals surface area contributed by atoms with Gasteiger partial charge in [-0.15, -0.1) is 11.3 Å². The monoisotopic (exact) mass is 296 g/mol. The predicted molar refractivity (Wildman–Crippen MR) is 77.5 cm³/mol. The molecule has 1 aromatic carbocycles. The van der Waals surface area contributed by atoms with Crippen LogP contribution in [-0.2, 0) is 11.2 Å². The zero-order chi connectivity index (χ0) is 13.8. The van der Waals surface area contributed by atoms with Gasteiger partial charge in [0, 0.05) is 15.6 Å². The van der Waals surface area contributed by atoms with Crippen LogP contribution in [0, 0.1) is 6.92 Å². The summed E-state index contributed by atoms with van der Waals surface area (Å²) in [6.45, 7) is 1.89. The van der Waals surface area contributed by atoms with Crippen molar-refractivity contribution in [1.29, 1.82) is 0 Å². The molecule has 0 radical (unpaired) electrons. The SMILES string of the molecule is Cc1nc(Nc2cccc(Cl)c2)sc1CCC(=O)O. The van der Waals surface area contributed by atoms with Crippen LogP contribution in [0.1, 0.15) is 17.0 Å². The summed E-state index contributed by atoms with van der Waals surface area (Å²) in [5, 5.41) is 13.3. The standard InChI is InChI=1S/C13H13ClN2O2S/c1-8-11(5-6-12(17)18)19-13(15-8)16-10-4-2-3-9(14)7-10/h2-4,7H,5-6H2,1H3,(H,15,16)(H,17,18). The van der Waals surface area contributed by atoms with Crippen molar-refractivity contribution < 1.29 is 9.90 Å². The van der Waals surface area contributed by atoms with E-state index < -0.39 is 5.97 Å². The number of aryl methyl sites for hydroxylation is 2. The maximum Gasteiger partial charge on any atom is 0.303 e. The number of carbonyl (C=O) groups is 1. The van der Waals surface area contributed by atoms with Crippen LogP contribution in [0.2, 0.25) is 5.02 Å². The highest BCUT2D eigenvalue weighted by molar-refractivity contribution is 7.15. The maximum absolute atomic E-state index is 10.6. The summed E-state index contributed by atoms with van der Waals surface area (Å²) in [4.78, 5) is 16.0. The van der Waals surface area contributed by atoms with Gasteiger partial charge in [0.1, 0.15) is 0 Å². The second kappa shape index (κ2) is 6.04. The van der Waals surface area contributed by atoms with Gasteiger partial charge in [-0.05, 0) is 31.5 Å². The molecule has 1 aromatic heterocycles. The van der Waals surface area contributed by atoms with Gasteiger partial charge in [-0.2, -0.15) is 0 Å². The first-order valence-electron chi connectivity index (χ1n) is 5.75. The number of anilines is 2. The number of carboxylic acids is 1. The first-order valence-corrected chi connectivity index (χ1v) is 6.95. The molecule has 0 amide bonds. The molecule has 4 nitrogen and oxygen atoms in total. The minimum atomic E-state index is -0.794. The lowest BCUT2D eigenvalue weighted by Gasteiger charge is -2.01. The molecule has 2 rings (SSSR count). The van der Waals surface area contributed by atoms with Crippen molar-refractivity contribution in [3.63, 3.8) is 0 Å². The maximum atomic E-state index is 10.6. The summed E-state index contributed by atoms with van der Waals surface area (Å²) < 4.78 is 0. The van der Waals surface area contributed by atoms with E-state index >= 15 is 0 Å². The normalized spacial score (nSPS) is 10.4. The highest BCUT2D eigenvalue weighted by Crippen LogP contribution is 2.27. The molecule has 19 heavy (non-hydrogen) atoms. The molecule has 2 aromatic rings. The average molecular weight is 297 g/mol. The Morgan fingerprint density at radius 3 is 3.00 bits per heavy atom. The molecular formula is C13H13ClN2O2S. The van der Waals surface area contributed by atoms with Gasteiger partial charge in [0.15, 0.2) is 5.13 Å². The molecule has 2 N–H and O–H groups in total. The minimum absolute atomic E-state index is 0.125. The number of rotatable bonds is 5. The molecule has 6 heteroatoms. The van der Waals surface area contributed by atoms with Crippen LogP contribution in [0.3, 0.4) is 0 Å². The Kier molecular flexibility index (Phi) is 4.39. The third-order valence-corrected chi connectivity index (χ3v) is 3.90. The Morgan fingerprint density at radius 1 is 1.53 bits per heavy atom. The summed E-state index contributed by atoms with van der Waals surface area (Å²) >= 11 is 7.38. The van der Waals surface area contributed by atoms with E-state index in [2.05, 4.69) is 10.3 Å². The fourth-order valence-corrected chi connectivity index (χ4v) is 2.80. The van der Waals surface area contributed by atoms with Crippen LogP contribution in [0.4, 0.5) is 10.8 Å². The van der Waals surface area contributed by atoms with E-state index in [0.29, 0.717) is 11.4 Å². The summed E-state index contributed by atoms with van der Waals surface area (Å²) in [5.74, 6) is -0.794. The average Bonchev–Trinajstić information content (AvgIpc) is 2.67. The Labute approximate surface area is 120 Å². The quantitative estimate of drug-likeness (QED) is 0.879. The molecule has 0 aliphatic carbocycles. The van der Waals surface area contributed by atoms with Gasteiger partial charge in [0.25, 0.3) is 0 Å². The summed E-state index contributed by atoms with van der Waals surface area (Å²) in [5.41, 5.74) is 1.74. The summed E-state index contributed by atoms with van der Waals surface area (Å²) in [6, 6.07) is 7.38. The van der Waals surface area contributed by atoms with Crippen molar-refractivity contribution in [3.05, 3.63) is 39.9 Å². The molecule has 0 unspecified atom stereocenters. The number of carboxylic acid groups (broad SMARTS) is 1. The molecule has 100 valence electrons. The number of halogens is 1. The second-order valence-corrected chi connectivity index (χ2v) is 5.58. The number of nitrogens with one attached hydrogen (secondary N) is 1. The van der Waals surface area contributed by atoms with Crippen molar-refractivity contribution in [1.82, 2.24) is 4.98 Å². The van der Waals surface area contributed by atoms with E-state index in [0.717, 1.165) is 21.4 Å². The van der Waals surface area contributed by atoms with Gasteiger partial charge in [-0.25, -0.2) is 4.98 Å². The van der Waals surface area contributed by atoms with Gasteiger partial charge in [0.2, 0.25) is 0 Å². The van der Waals surface area contributed by atoms with Crippen LogP contribution >= 0.6 is 22.9 Å². The number of thiazole rings is 1. The fraction of sp³-hybridized carbons (Fsp3) is 0.231. The molecule has 0 aliphatic heterocycles. The van der Waals surface area contributed by atoms with Crippen LogP contribution in [-0.4, -0.2) is 16.1 Å². The Balaban J connectivity index is 2.09. The largest absolute Gasteiger partial charge is 0.481 e. The zero-order valence-corrected chi connectivity index (χ0v) is 11.9. The third-order valence-electron chi connectivity index (χ3n) is 2.53. The molecular weight excluding hydrogens is 284 g/mol. The lowest BCUT2D eigenvalue weighted by molar-refractivity contribution is -0.136. The van der Waals surface area contributed by atoms with Gasteiger partial charge < -0.3 is 10.4 Å². The minimum Gasteiger partial charge on any atom is -0.481 e. The Hall–Kier alpha value is -1.59. The molecule has 0 saturated carbocycles. The smallest absolute Gasteiger partial charge is 0.303 e. The van der Waals surface area contributed by atoms with E-state index in [9.17, 15) is 4.79 Å². The van der Waals surface area contributed by atoms with Crippen LogP contribution < -0.4 is 5.32 Å². The van der Waals surface area contributed by atoms with E-state index in [-0.39, 0.29) is 6.42 Å². The lowest BCUT2D eigenvalue weighted by atomic mass is 10.2. The number of benzene rings is 1. The van der Waals surface area contributed by atoms with Crippen molar-refractivity contribution in [3.8, 4) is 0 Å². The Bertz CT molecular complexity index is 598. The molecule has 0 spiro atoms. The highest BCUT2D eigenvalue weighted by Gasteiger charge is 2.09. The van der Waals surface area contributed by atoms with Crippen molar-refractivity contribution in [2.24, 2.45) is 0 Å². The van der Waals surface area contributed by atoms with Crippen molar-refractivity contribution >= 4 is 39.7 Å². The summed E-state index contributed by atoms with van der Waals surface area (Å²) in [6.07, 6.45) is 0.635. The molecule has 0 bridgehead atoms. The van der Waals surface area contributed by atoms with Gasteiger partial charge in [-0.1, -0.05) is 17.7 Å². The summed E-state index contributed by atoms with van der Waals surface area (Å²) in [7, 11) is 0. The number of hydrogen-bond donors (Lipinski definition) is 2. The molecule has 0 saturated heterocycles. The fourth-order valence-electron chi connectivity index (χ4n) is 1.62. The number of aliphatic carboxylic acids is 1. The lowest BCUT2D eigenvalue weighted by Crippen LogP contribution is -1.96. The van der Waals surface area contributed by atoms with Crippen LogP contribution in [0.25, 0.3) is 0 Å². The van der Waals surface area contributed by atoms with Crippen LogP contribution in [0.5, 0.6) is 0 Å². The molecule has 1 heterocycles. The van der Waals surface area contributed by atoms with Gasteiger partial charge in [-0.3, -0.25) is 4.79 Å². The first kappa shape index (κ1) is 13.8. The number of nitrogens with zero attached hydrogens (tertiary/aromatic N) is 1. The third kappa shape index (κ3) is 3.94. The molecule has 0 atom stereocenters. The second-order valence-electron chi connectivity index (χ2n) is 4.06. The van der Waals surface area contributed by atoms with Gasteiger partial charge >= 0.3 is 5.97 Å². The van der Waals surface area contributed by atoms with Crippen molar-refractivity contribution in [2.75, 3.05) is 5.32 Å².